The smallest absolute Gasteiger partial charge is 0.408 e. The number of aromatic amines is 1. The van der Waals surface area contributed by atoms with Gasteiger partial charge >= 0.3 is 6.09 Å². The Bertz CT molecular complexity index is 1240. The summed E-state index contributed by atoms with van der Waals surface area (Å²) in [6, 6.07) is 15.8. The van der Waals surface area contributed by atoms with Gasteiger partial charge in [0.25, 0.3) is 5.22 Å². The third kappa shape index (κ3) is 6.16. The fourth-order valence-corrected chi connectivity index (χ4v) is 4.25. The van der Waals surface area contributed by atoms with Crippen LogP contribution in [-0.4, -0.2) is 26.9 Å². The van der Waals surface area contributed by atoms with E-state index in [1.54, 1.807) is 0 Å². The van der Waals surface area contributed by atoms with Crippen molar-refractivity contribution in [2.45, 2.75) is 56.7 Å². The van der Waals surface area contributed by atoms with Gasteiger partial charge in [-0.3, -0.25) is 0 Å². The topological polar surface area (TPSA) is 93.0 Å². The Morgan fingerprint density at radius 2 is 2.00 bits per heavy atom. The first-order valence-corrected chi connectivity index (χ1v) is 11.8. The largest absolute Gasteiger partial charge is 0.444 e. The van der Waals surface area contributed by atoms with Crippen molar-refractivity contribution in [2.75, 3.05) is 0 Å². The third-order valence-electron chi connectivity index (χ3n) is 4.95. The molecule has 4 rings (SSSR count). The first kappa shape index (κ1) is 22.9. The van der Waals surface area contributed by atoms with Gasteiger partial charge in [-0.15, -0.1) is 10.2 Å². The molecule has 0 saturated heterocycles. The minimum Gasteiger partial charge on any atom is -0.444 e. The number of para-hydroxylation sites is 1. The number of carbonyl (C=O) groups is 1. The van der Waals surface area contributed by atoms with Crippen molar-refractivity contribution >= 4 is 28.8 Å². The molecular weight excluding hydrogens is 436 g/mol. The van der Waals surface area contributed by atoms with Crippen molar-refractivity contribution in [1.82, 2.24) is 20.5 Å². The summed E-state index contributed by atoms with van der Waals surface area (Å²) in [5.74, 6) is 1.06. The number of aryl methyl sites for hydroxylation is 1. The van der Waals surface area contributed by atoms with Crippen molar-refractivity contribution in [1.29, 1.82) is 0 Å². The number of H-pyrrole nitrogens is 1. The Morgan fingerprint density at radius 1 is 1.18 bits per heavy atom. The molecule has 33 heavy (non-hydrogen) atoms. The van der Waals surface area contributed by atoms with E-state index < -0.39 is 17.7 Å². The lowest BCUT2D eigenvalue weighted by Gasteiger charge is -2.22. The van der Waals surface area contributed by atoms with Gasteiger partial charge in [-0.25, -0.2) is 4.79 Å². The number of carbonyl (C=O) groups excluding carboxylic acids is 1. The number of hydrogen-bond donors (Lipinski definition) is 2. The van der Waals surface area contributed by atoms with E-state index in [0.717, 1.165) is 22.2 Å². The van der Waals surface area contributed by atoms with Gasteiger partial charge in [0.05, 0.1) is 0 Å². The van der Waals surface area contributed by atoms with Crippen LogP contribution >= 0.6 is 11.8 Å². The SMILES string of the molecule is Cc1cccc(CSc2nnc([C@@H](Cc3c[nH]c4ccccc34)NC(=O)OC(C)(C)C)o2)c1. The zero-order chi connectivity index (χ0) is 23.4. The van der Waals surface area contributed by atoms with Gasteiger partial charge in [0, 0.05) is 29.3 Å². The van der Waals surface area contributed by atoms with Gasteiger partial charge in [0.2, 0.25) is 5.89 Å². The molecule has 0 unspecified atom stereocenters. The molecule has 0 radical (unpaired) electrons. The van der Waals surface area contributed by atoms with Crippen LogP contribution < -0.4 is 5.32 Å². The Balaban J connectivity index is 1.53. The lowest BCUT2D eigenvalue weighted by Crippen LogP contribution is -2.36. The van der Waals surface area contributed by atoms with E-state index >= 15 is 0 Å². The molecule has 0 aliphatic heterocycles. The summed E-state index contributed by atoms with van der Waals surface area (Å²) in [5, 5.41) is 12.9. The highest BCUT2D eigenvalue weighted by molar-refractivity contribution is 7.98. The van der Waals surface area contributed by atoms with Crippen LogP contribution in [0.25, 0.3) is 10.9 Å². The van der Waals surface area contributed by atoms with Crippen molar-refractivity contribution in [3.63, 3.8) is 0 Å². The van der Waals surface area contributed by atoms with E-state index in [2.05, 4.69) is 45.6 Å². The van der Waals surface area contributed by atoms with E-state index in [4.69, 9.17) is 9.15 Å². The number of rotatable bonds is 7. The van der Waals surface area contributed by atoms with Gasteiger partial charge in [-0.2, -0.15) is 0 Å². The summed E-state index contributed by atoms with van der Waals surface area (Å²) in [5.41, 5.74) is 3.85. The number of alkyl carbamates (subject to hydrolysis) is 1. The second kappa shape index (κ2) is 9.70. The lowest BCUT2D eigenvalue weighted by atomic mass is 10.1. The van der Waals surface area contributed by atoms with E-state index in [1.165, 1.54) is 22.9 Å². The second-order valence-electron chi connectivity index (χ2n) is 8.95. The number of nitrogens with zero attached hydrogens (tertiary/aromatic N) is 2. The van der Waals surface area contributed by atoms with Crippen LogP contribution in [0.3, 0.4) is 0 Å². The first-order valence-electron chi connectivity index (χ1n) is 10.8. The number of fused-ring (bicyclic) bond motifs is 1. The molecule has 2 aromatic heterocycles. The molecule has 8 heteroatoms. The van der Waals surface area contributed by atoms with Crippen LogP contribution in [0.1, 0.15) is 49.4 Å². The van der Waals surface area contributed by atoms with Gasteiger partial charge in [0.15, 0.2) is 0 Å². The number of aromatic nitrogens is 3. The quantitative estimate of drug-likeness (QED) is 0.328. The summed E-state index contributed by atoms with van der Waals surface area (Å²) >= 11 is 1.47. The van der Waals surface area contributed by atoms with E-state index in [0.29, 0.717) is 17.5 Å². The molecule has 0 spiro atoms. The predicted molar refractivity (Wildman–Crippen MR) is 129 cm³/mol. The van der Waals surface area contributed by atoms with Crippen molar-refractivity contribution < 1.29 is 13.9 Å². The normalized spacial score (nSPS) is 12.6. The molecule has 0 aliphatic rings. The maximum Gasteiger partial charge on any atom is 0.408 e. The first-order chi connectivity index (χ1) is 15.8. The van der Waals surface area contributed by atoms with E-state index in [9.17, 15) is 4.79 Å². The minimum absolute atomic E-state index is 0.345. The highest BCUT2D eigenvalue weighted by atomic mass is 32.2. The molecule has 172 valence electrons. The highest BCUT2D eigenvalue weighted by Crippen LogP contribution is 2.28. The molecule has 0 saturated carbocycles. The highest BCUT2D eigenvalue weighted by Gasteiger charge is 2.26. The average molecular weight is 465 g/mol. The molecular formula is C25H28N4O3S. The van der Waals surface area contributed by atoms with Crippen LogP contribution in [0, 0.1) is 6.92 Å². The van der Waals surface area contributed by atoms with Gasteiger partial charge in [-0.1, -0.05) is 59.8 Å². The number of thioether (sulfide) groups is 1. The minimum atomic E-state index is -0.612. The molecule has 1 amide bonds. The fraction of sp³-hybridized carbons (Fsp3) is 0.320. The zero-order valence-corrected chi connectivity index (χ0v) is 20.0. The van der Waals surface area contributed by atoms with E-state index in [-0.39, 0.29) is 0 Å². The van der Waals surface area contributed by atoms with Crippen LogP contribution in [0.2, 0.25) is 0 Å². The summed E-state index contributed by atoms with van der Waals surface area (Å²) in [7, 11) is 0. The van der Waals surface area contributed by atoms with Gasteiger partial charge < -0.3 is 19.5 Å². The number of benzene rings is 2. The van der Waals surface area contributed by atoms with Crippen LogP contribution in [0.5, 0.6) is 0 Å². The maximum absolute atomic E-state index is 12.5. The number of nitrogens with one attached hydrogen (secondary N) is 2. The molecule has 0 bridgehead atoms. The summed E-state index contributed by atoms with van der Waals surface area (Å²) in [6.45, 7) is 7.55. The Hall–Kier alpha value is -3.26. The summed E-state index contributed by atoms with van der Waals surface area (Å²) in [6.07, 6.45) is 1.89. The van der Waals surface area contributed by atoms with Gasteiger partial charge in [-0.05, 0) is 44.9 Å². The monoisotopic (exact) mass is 464 g/mol. The van der Waals surface area contributed by atoms with Crippen molar-refractivity contribution in [3.05, 3.63) is 77.3 Å². The lowest BCUT2D eigenvalue weighted by molar-refractivity contribution is 0.0494. The summed E-state index contributed by atoms with van der Waals surface area (Å²) < 4.78 is 11.4. The van der Waals surface area contributed by atoms with Crippen LogP contribution in [0.15, 0.2) is 64.4 Å². The third-order valence-corrected chi connectivity index (χ3v) is 5.84. The molecule has 2 aromatic carbocycles. The molecule has 1 atom stereocenters. The number of amides is 1. The Labute approximate surface area is 197 Å². The molecule has 0 aliphatic carbocycles. The number of ether oxygens (including phenoxy) is 1. The summed E-state index contributed by atoms with van der Waals surface area (Å²) in [4.78, 5) is 15.8. The molecule has 2 N–H and O–H groups in total. The Morgan fingerprint density at radius 3 is 2.79 bits per heavy atom. The zero-order valence-electron chi connectivity index (χ0n) is 19.2. The van der Waals surface area contributed by atoms with Crippen LogP contribution in [0.4, 0.5) is 4.79 Å². The predicted octanol–water partition coefficient (Wildman–Crippen LogP) is 5.96. The average Bonchev–Trinajstić information content (AvgIpc) is 3.38. The molecule has 4 aromatic rings. The van der Waals surface area contributed by atoms with Crippen LogP contribution in [-0.2, 0) is 16.9 Å². The van der Waals surface area contributed by atoms with Crippen molar-refractivity contribution in [3.8, 4) is 0 Å². The van der Waals surface area contributed by atoms with E-state index in [1.807, 2.05) is 57.3 Å². The standard InChI is InChI=1S/C25H28N4O3S/c1-16-8-7-9-17(12-16)15-33-24-29-28-22(31-24)21(27-23(30)32-25(2,3)4)13-18-14-26-20-11-6-5-10-19(18)20/h5-12,14,21,26H,13,15H2,1-4H3,(H,27,30)/t21-/m1/s1. The second-order valence-corrected chi connectivity index (χ2v) is 9.87. The molecule has 2 heterocycles. The maximum atomic E-state index is 12.5. The van der Waals surface area contributed by atoms with Gasteiger partial charge in [0.1, 0.15) is 11.6 Å². The molecule has 0 fully saturated rings. The number of hydrogen-bond acceptors (Lipinski definition) is 6. The van der Waals surface area contributed by atoms with Crippen molar-refractivity contribution in [2.24, 2.45) is 0 Å². The molecule has 7 nitrogen and oxygen atoms in total. The fourth-order valence-electron chi connectivity index (χ4n) is 3.54. The Kier molecular flexibility index (Phi) is 6.74.